The highest BCUT2D eigenvalue weighted by atomic mass is 79.9. The topological polar surface area (TPSA) is 87.6 Å². The molecule has 0 aliphatic carbocycles. The summed E-state index contributed by atoms with van der Waals surface area (Å²) in [6.07, 6.45) is 0.886. The van der Waals surface area contributed by atoms with Crippen molar-refractivity contribution in [1.29, 1.82) is 0 Å². The van der Waals surface area contributed by atoms with E-state index < -0.39 is 5.91 Å². The standard InChI is InChI=1S/C12H15BrN2O3/c13-8-3-7-1-2-18-12(7)9(4-8)10(14)5-17-6-11(15)16/h3-4,10H,1-2,5-6,14H2,(H2,15,16). The van der Waals surface area contributed by atoms with Crippen molar-refractivity contribution in [3.8, 4) is 5.75 Å². The number of hydrogen-bond donors (Lipinski definition) is 2. The number of hydrogen-bond acceptors (Lipinski definition) is 4. The number of nitrogens with two attached hydrogens (primary N) is 2. The predicted octanol–water partition coefficient (Wildman–Crippen LogP) is 0.886. The van der Waals surface area contributed by atoms with E-state index in [-0.39, 0.29) is 19.3 Å². The molecule has 0 spiro atoms. The van der Waals surface area contributed by atoms with E-state index in [9.17, 15) is 4.79 Å². The molecule has 0 aromatic heterocycles. The molecular formula is C12H15BrN2O3. The van der Waals surface area contributed by atoms with Crippen LogP contribution in [-0.2, 0) is 16.0 Å². The van der Waals surface area contributed by atoms with Gasteiger partial charge in [-0.2, -0.15) is 0 Å². The van der Waals surface area contributed by atoms with Crippen molar-refractivity contribution >= 4 is 21.8 Å². The van der Waals surface area contributed by atoms with E-state index in [4.69, 9.17) is 20.9 Å². The van der Waals surface area contributed by atoms with Crippen LogP contribution in [0.5, 0.6) is 5.75 Å². The number of fused-ring (bicyclic) bond motifs is 1. The van der Waals surface area contributed by atoms with E-state index in [0.717, 1.165) is 27.8 Å². The fraction of sp³-hybridized carbons (Fsp3) is 0.417. The first-order chi connectivity index (χ1) is 8.58. The summed E-state index contributed by atoms with van der Waals surface area (Å²) in [5.41, 5.74) is 13.1. The lowest BCUT2D eigenvalue weighted by atomic mass is 10.0. The molecule has 1 unspecified atom stereocenters. The Kier molecular flexibility index (Phi) is 4.21. The third kappa shape index (κ3) is 3.01. The van der Waals surface area contributed by atoms with Crippen LogP contribution in [0.4, 0.5) is 0 Å². The molecule has 1 atom stereocenters. The lowest BCUT2D eigenvalue weighted by Crippen LogP contribution is -2.23. The van der Waals surface area contributed by atoms with Gasteiger partial charge < -0.3 is 20.9 Å². The summed E-state index contributed by atoms with van der Waals surface area (Å²) in [5.74, 6) is 0.339. The summed E-state index contributed by atoms with van der Waals surface area (Å²) in [5, 5.41) is 0. The van der Waals surface area contributed by atoms with E-state index in [0.29, 0.717) is 6.61 Å². The van der Waals surface area contributed by atoms with Crippen LogP contribution in [0.2, 0.25) is 0 Å². The van der Waals surface area contributed by atoms with Gasteiger partial charge in [-0.1, -0.05) is 15.9 Å². The summed E-state index contributed by atoms with van der Waals surface area (Å²) in [6.45, 7) is 0.785. The lowest BCUT2D eigenvalue weighted by molar-refractivity contribution is -0.122. The van der Waals surface area contributed by atoms with Crippen molar-refractivity contribution in [3.05, 3.63) is 27.7 Å². The molecule has 1 aromatic carbocycles. The largest absolute Gasteiger partial charge is 0.493 e. The zero-order chi connectivity index (χ0) is 13.1. The minimum atomic E-state index is -0.502. The van der Waals surface area contributed by atoms with E-state index in [1.807, 2.05) is 12.1 Å². The fourth-order valence-electron chi connectivity index (χ4n) is 1.95. The third-order valence-corrected chi connectivity index (χ3v) is 3.18. The van der Waals surface area contributed by atoms with Crippen LogP contribution in [0.3, 0.4) is 0 Å². The normalized spacial score (nSPS) is 15.0. The van der Waals surface area contributed by atoms with Gasteiger partial charge in [0.15, 0.2) is 0 Å². The maximum atomic E-state index is 10.6. The Morgan fingerprint density at radius 2 is 2.33 bits per heavy atom. The van der Waals surface area contributed by atoms with Gasteiger partial charge in [0, 0.05) is 16.5 Å². The molecule has 1 aliphatic heterocycles. The average molecular weight is 315 g/mol. The van der Waals surface area contributed by atoms with Gasteiger partial charge in [0.25, 0.3) is 0 Å². The molecule has 2 rings (SSSR count). The lowest BCUT2D eigenvalue weighted by Gasteiger charge is -2.16. The Bertz CT molecular complexity index is 465. The first kappa shape index (κ1) is 13.3. The van der Waals surface area contributed by atoms with Gasteiger partial charge in [0.1, 0.15) is 12.4 Å². The third-order valence-electron chi connectivity index (χ3n) is 2.72. The monoisotopic (exact) mass is 314 g/mol. The second-order valence-corrected chi connectivity index (χ2v) is 5.09. The smallest absolute Gasteiger partial charge is 0.243 e. The molecule has 1 heterocycles. The van der Waals surface area contributed by atoms with Crippen molar-refractivity contribution in [2.75, 3.05) is 19.8 Å². The Morgan fingerprint density at radius 3 is 3.06 bits per heavy atom. The van der Waals surface area contributed by atoms with Crippen LogP contribution in [0.1, 0.15) is 17.2 Å². The van der Waals surface area contributed by atoms with Crippen molar-refractivity contribution in [2.24, 2.45) is 11.5 Å². The maximum Gasteiger partial charge on any atom is 0.243 e. The highest BCUT2D eigenvalue weighted by molar-refractivity contribution is 9.10. The van der Waals surface area contributed by atoms with Gasteiger partial charge in [-0.15, -0.1) is 0 Å². The van der Waals surface area contributed by atoms with E-state index in [1.165, 1.54) is 0 Å². The van der Waals surface area contributed by atoms with Gasteiger partial charge in [-0.25, -0.2) is 0 Å². The van der Waals surface area contributed by atoms with E-state index >= 15 is 0 Å². The molecule has 4 N–H and O–H groups in total. The maximum absolute atomic E-state index is 10.6. The number of amides is 1. The molecule has 18 heavy (non-hydrogen) atoms. The molecule has 0 bridgehead atoms. The molecule has 0 fully saturated rings. The van der Waals surface area contributed by atoms with Gasteiger partial charge >= 0.3 is 0 Å². The second kappa shape index (κ2) is 5.69. The SMILES string of the molecule is NC(=O)COCC(N)c1cc(Br)cc2c1OCC2. The molecule has 0 saturated carbocycles. The Balaban J connectivity index is 2.10. The summed E-state index contributed by atoms with van der Waals surface area (Å²) in [4.78, 5) is 10.6. The molecule has 1 aliphatic rings. The first-order valence-corrected chi connectivity index (χ1v) is 6.44. The number of primary amides is 1. The molecule has 6 heteroatoms. The van der Waals surface area contributed by atoms with Gasteiger partial charge in [-0.3, -0.25) is 4.79 Å². The minimum absolute atomic E-state index is 0.120. The van der Waals surface area contributed by atoms with Crippen molar-refractivity contribution < 1.29 is 14.3 Å². The number of halogens is 1. The van der Waals surface area contributed by atoms with Crippen LogP contribution in [0, 0.1) is 0 Å². The van der Waals surface area contributed by atoms with Crippen molar-refractivity contribution in [2.45, 2.75) is 12.5 Å². The first-order valence-electron chi connectivity index (χ1n) is 5.64. The molecule has 5 nitrogen and oxygen atoms in total. The number of ether oxygens (including phenoxy) is 2. The summed E-state index contributed by atoms with van der Waals surface area (Å²) < 4.78 is 11.7. The fourth-order valence-corrected chi connectivity index (χ4v) is 2.47. The average Bonchev–Trinajstić information content (AvgIpc) is 2.74. The van der Waals surface area contributed by atoms with E-state index in [1.54, 1.807) is 0 Å². The highest BCUT2D eigenvalue weighted by Gasteiger charge is 2.21. The molecule has 0 radical (unpaired) electrons. The number of carbonyl (C=O) groups is 1. The molecule has 1 aromatic rings. The van der Waals surface area contributed by atoms with Crippen LogP contribution in [0.25, 0.3) is 0 Å². The molecule has 0 saturated heterocycles. The molecular weight excluding hydrogens is 300 g/mol. The van der Waals surface area contributed by atoms with Crippen molar-refractivity contribution in [3.63, 3.8) is 0 Å². The van der Waals surface area contributed by atoms with Crippen LogP contribution >= 0.6 is 15.9 Å². The molecule has 1 amide bonds. The van der Waals surface area contributed by atoms with Crippen LogP contribution in [-0.4, -0.2) is 25.7 Å². The Morgan fingerprint density at radius 1 is 1.56 bits per heavy atom. The summed E-state index contributed by atoms with van der Waals surface area (Å²) in [7, 11) is 0. The second-order valence-electron chi connectivity index (χ2n) is 4.17. The minimum Gasteiger partial charge on any atom is -0.493 e. The van der Waals surface area contributed by atoms with E-state index in [2.05, 4.69) is 15.9 Å². The quantitative estimate of drug-likeness (QED) is 0.844. The van der Waals surface area contributed by atoms with Crippen LogP contribution < -0.4 is 16.2 Å². The molecule has 98 valence electrons. The number of carbonyl (C=O) groups excluding carboxylic acids is 1. The Labute approximate surface area is 114 Å². The van der Waals surface area contributed by atoms with Crippen molar-refractivity contribution in [1.82, 2.24) is 0 Å². The van der Waals surface area contributed by atoms with Gasteiger partial charge in [-0.05, 0) is 17.7 Å². The predicted molar refractivity (Wildman–Crippen MR) is 70.3 cm³/mol. The number of benzene rings is 1. The van der Waals surface area contributed by atoms with Gasteiger partial charge in [0.05, 0.1) is 19.3 Å². The zero-order valence-corrected chi connectivity index (χ0v) is 11.4. The summed E-state index contributed by atoms with van der Waals surface area (Å²) in [6, 6.07) is 3.61. The number of rotatable bonds is 5. The Hall–Kier alpha value is -1.11. The van der Waals surface area contributed by atoms with Gasteiger partial charge in [0.2, 0.25) is 5.91 Å². The van der Waals surface area contributed by atoms with Crippen LogP contribution in [0.15, 0.2) is 16.6 Å². The highest BCUT2D eigenvalue weighted by Crippen LogP contribution is 2.35. The summed E-state index contributed by atoms with van der Waals surface area (Å²) >= 11 is 3.45. The zero-order valence-electron chi connectivity index (χ0n) is 9.82.